The van der Waals surface area contributed by atoms with Gasteiger partial charge in [-0.25, -0.2) is 4.98 Å². The monoisotopic (exact) mass is 244 g/mol. The number of hydrogen-bond acceptors (Lipinski definition) is 5. The standard InChI is InChI=1S/C13H16N4O/c1-2-18-12-7-8-15-13(17-12)16-11-5-3-10(9-14)4-6-11/h3-8H,2,9,14H2,1H3,(H,15,16,17). The third-order valence-corrected chi connectivity index (χ3v) is 2.37. The first-order valence-corrected chi connectivity index (χ1v) is 5.83. The number of nitrogens with two attached hydrogens (primary N) is 1. The molecule has 0 spiro atoms. The number of rotatable bonds is 5. The maximum absolute atomic E-state index is 5.54. The molecule has 0 unspecified atom stereocenters. The highest BCUT2D eigenvalue weighted by molar-refractivity contribution is 5.53. The van der Waals surface area contributed by atoms with E-state index in [0.29, 0.717) is 25.0 Å². The zero-order valence-corrected chi connectivity index (χ0v) is 10.3. The van der Waals surface area contributed by atoms with Crippen LogP contribution in [0.1, 0.15) is 12.5 Å². The van der Waals surface area contributed by atoms with Gasteiger partial charge in [-0.1, -0.05) is 12.1 Å². The van der Waals surface area contributed by atoms with Gasteiger partial charge in [0.05, 0.1) is 6.61 Å². The van der Waals surface area contributed by atoms with Crippen molar-refractivity contribution in [3.8, 4) is 5.88 Å². The molecule has 2 aromatic rings. The molecule has 18 heavy (non-hydrogen) atoms. The number of nitrogens with zero attached hydrogens (tertiary/aromatic N) is 2. The molecule has 0 saturated heterocycles. The summed E-state index contributed by atoms with van der Waals surface area (Å²) < 4.78 is 5.31. The van der Waals surface area contributed by atoms with Crippen molar-refractivity contribution in [2.75, 3.05) is 11.9 Å². The van der Waals surface area contributed by atoms with Crippen molar-refractivity contribution in [2.24, 2.45) is 5.73 Å². The van der Waals surface area contributed by atoms with Crippen molar-refractivity contribution in [3.05, 3.63) is 42.1 Å². The van der Waals surface area contributed by atoms with Crippen molar-refractivity contribution < 1.29 is 4.74 Å². The van der Waals surface area contributed by atoms with Crippen LogP contribution in [0.25, 0.3) is 0 Å². The van der Waals surface area contributed by atoms with Gasteiger partial charge in [-0.15, -0.1) is 0 Å². The lowest BCUT2D eigenvalue weighted by Gasteiger charge is -2.07. The molecular weight excluding hydrogens is 228 g/mol. The molecule has 1 aromatic heterocycles. The molecule has 5 nitrogen and oxygen atoms in total. The fourth-order valence-corrected chi connectivity index (χ4v) is 1.48. The number of anilines is 2. The Balaban J connectivity index is 2.09. The van der Waals surface area contributed by atoms with E-state index in [1.54, 1.807) is 12.3 Å². The molecule has 1 aromatic carbocycles. The van der Waals surface area contributed by atoms with Gasteiger partial charge >= 0.3 is 0 Å². The molecular formula is C13H16N4O. The molecule has 5 heteroatoms. The minimum Gasteiger partial charge on any atom is -0.478 e. The predicted octanol–water partition coefficient (Wildman–Crippen LogP) is 2.08. The van der Waals surface area contributed by atoms with Gasteiger partial charge in [0.15, 0.2) is 0 Å². The Morgan fingerprint density at radius 3 is 2.67 bits per heavy atom. The second-order valence-electron chi connectivity index (χ2n) is 3.68. The summed E-state index contributed by atoms with van der Waals surface area (Å²) in [6, 6.07) is 9.55. The van der Waals surface area contributed by atoms with Crippen LogP contribution in [0.3, 0.4) is 0 Å². The highest BCUT2D eigenvalue weighted by atomic mass is 16.5. The van der Waals surface area contributed by atoms with E-state index in [4.69, 9.17) is 10.5 Å². The van der Waals surface area contributed by atoms with Crippen LogP contribution in [-0.2, 0) is 6.54 Å². The lowest BCUT2D eigenvalue weighted by Crippen LogP contribution is -2.01. The van der Waals surface area contributed by atoms with Crippen molar-refractivity contribution in [1.29, 1.82) is 0 Å². The summed E-state index contributed by atoms with van der Waals surface area (Å²) in [6.45, 7) is 3.04. The molecule has 0 bridgehead atoms. The summed E-state index contributed by atoms with van der Waals surface area (Å²) in [7, 11) is 0. The van der Waals surface area contributed by atoms with Gasteiger partial charge in [0.25, 0.3) is 0 Å². The van der Waals surface area contributed by atoms with E-state index >= 15 is 0 Å². The number of benzene rings is 1. The van der Waals surface area contributed by atoms with Gasteiger partial charge in [-0.2, -0.15) is 4.98 Å². The Morgan fingerprint density at radius 2 is 2.00 bits per heavy atom. The van der Waals surface area contributed by atoms with E-state index in [2.05, 4.69) is 15.3 Å². The summed E-state index contributed by atoms with van der Waals surface area (Å²) in [5.41, 5.74) is 7.55. The maximum atomic E-state index is 5.54. The number of aromatic nitrogens is 2. The topological polar surface area (TPSA) is 73.1 Å². The van der Waals surface area contributed by atoms with Crippen LogP contribution in [0.15, 0.2) is 36.5 Å². The lowest BCUT2D eigenvalue weighted by molar-refractivity contribution is 0.327. The minimum atomic E-state index is 0.515. The Kier molecular flexibility index (Phi) is 4.09. The van der Waals surface area contributed by atoms with Gasteiger partial charge in [0.1, 0.15) is 0 Å². The van der Waals surface area contributed by atoms with Crippen molar-refractivity contribution in [3.63, 3.8) is 0 Å². The number of hydrogen-bond donors (Lipinski definition) is 2. The molecule has 0 amide bonds. The first-order valence-electron chi connectivity index (χ1n) is 5.83. The van der Waals surface area contributed by atoms with Crippen LogP contribution in [0.4, 0.5) is 11.6 Å². The van der Waals surface area contributed by atoms with Gasteiger partial charge in [0, 0.05) is 24.5 Å². The van der Waals surface area contributed by atoms with Crippen LogP contribution < -0.4 is 15.8 Å². The van der Waals surface area contributed by atoms with Crippen molar-refractivity contribution in [1.82, 2.24) is 9.97 Å². The summed E-state index contributed by atoms with van der Waals surface area (Å²) in [6.07, 6.45) is 1.66. The Labute approximate surface area is 106 Å². The SMILES string of the molecule is CCOc1ccnc(Nc2ccc(CN)cc2)n1. The van der Waals surface area contributed by atoms with Crippen LogP contribution >= 0.6 is 0 Å². The number of nitrogens with one attached hydrogen (secondary N) is 1. The molecule has 0 fully saturated rings. The Morgan fingerprint density at radius 1 is 1.22 bits per heavy atom. The predicted molar refractivity (Wildman–Crippen MR) is 70.8 cm³/mol. The molecule has 1 heterocycles. The third kappa shape index (κ3) is 3.18. The lowest BCUT2D eigenvalue weighted by atomic mass is 10.2. The van der Waals surface area contributed by atoms with E-state index in [1.807, 2.05) is 31.2 Å². The van der Waals surface area contributed by atoms with Crippen molar-refractivity contribution in [2.45, 2.75) is 13.5 Å². The van der Waals surface area contributed by atoms with Crippen LogP contribution in [-0.4, -0.2) is 16.6 Å². The molecule has 2 rings (SSSR count). The minimum absolute atomic E-state index is 0.515. The van der Waals surface area contributed by atoms with Gasteiger partial charge in [-0.05, 0) is 24.6 Å². The first-order chi connectivity index (χ1) is 8.81. The van der Waals surface area contributed by atoms with Crippen molar-refractivity contribution >= 4 is 11.6 Å². The average Bonchev–Trinajstić information content (AvgIpc) is 2.40. The Bertz CT molecular complexity index is 499. The molecule has 3 N–H and O–H groups in total. The van der Waals surface area contributed by atoms with E-state index in [0.717, 1.165) is 11.3 Å². The third-order valence-electron chi connectivity index (χ3n) is 2.37. The normalized spacial score (nSPS) is 10.1. The quantitative estimate of drug-likeness (QED) is 0.842. The maximum Gasteiger partial charge on any atom is 0.230 e. The van der Waals surface area contributed by atoms with Gasteiger partial charge < -0.3 is 15.8 Å². The van der Waals surface area contributed by atoms with E-state index in [-0.39, 0.29) is 0 Å². The summed E-state index contributed by atoms with van der Waals surface area (Å²) in [4.78, 5) is 8.36. The molecule has 94 valence electrons. The fourth-order valence-electron chi connectivity index (χ4n) is 1.48. The highest BCUT2D eigenvalue weighted by Gasteiger charge is 2.00. The van der Waals surface area contributed by atoms with Gasteiger partial charge in [-0.3, -0.25) is 0 Å². The molecule has 0 aliphatic heterocycles. The van der Waals surface area contributed by atoms with E-state index in [1.165, 1.54) is 0 Å². The summed E-state index contributed by atoms with van der Waals surface area (Å²) >= 11 is 0. The molecule has 0 aliphatic carbocycles. The Hall–Kier alpha value is -2.14. The second-order valence-corrected chi connectivity index (χ2v) is 3.68. The average molecular weight is 244 g/mol. The second kappa shape index (κ2) is 5.97. The van der Waals surface area contributed by atoms with Crippen LogP contribution in [0.5, 0.6) is 5.88 Å². The summed E-state index contributed by atoms with van der Waals surface area (Å²) in [5.74, 6) is 1.08. The smallest absolute Gasteiger partial charge is 0.230 e. The molecule has 0 atom stereocenters. The molecule has 0 saturated carbocycles. The zero-order chi connectivity index (χ0) is 12.8. The van der Waals surface area contributed by atoms with Crippen LogP contribution in [0, 0.1) is 0 Å². The number of ether oxygens (including phenoxy) is 1. The van der Waals surface area contributed by atoms with E-state index < -0.39 is 0 Å². The molecule has 0 radical (unpaired) electrons. The first kappa shape index (κ1) is 12.3. The van der Waals surface area contributed by atoms with Gasteiger partial charge in [0.2, 0.25) is 11.8 Å². The van der Waals surface area contributed by atoms with Crippen LogP contribution in [0.2, 0.25) is 0 Å². The largest absolute Gasteiger partial charge is 0.478 e. The molecule has 0 aliphatic rings. The fraction of sp³-hybridized carbons (Fsp3) is 0.231. The highest BCUT2D eigenvalue weighted by Crippen LogP contribution is 2.15. The van der Waals surface area contributed by atoms with E-state index in [9.17, 15) is 0 Å². The zero-order valence-electron chi connectivity index (χ0n) is 10.3. The summed E-state index contributed by atoms with van der Waals surface area (Å²) in [5, 5.41) is 3.11.